The fourth-order valence-electron chi connectivity index (χ4n) is 3.61. The molecule has 0 saturated carbocycles. The molecule has 31 heavy (non-hydrogen) atoms. The third-order valence-electron chi connectivity index (χ3n) is 5.18. The fourth-order valence-corrected chi connectivity index (χ4v) is 4.53. The Balaban J connectivity index is 1.51. The lowest BCUT2D eigenvalue weighted by Crippen LogP contribution is -2.41. The highest BCUT2D eigenvalue weighted by atomic mass is 32.1. The number of carbonyl (C=O) groups is 3. The Morgan fingerprint density at radius 2 is 1.90 bits per heavy atom. The predicted molar refractivity (Wildman–Crippen MR) is 115 cm³/mol. The van der Waals surface area contributed by atoms with Gasteiger partial charge in [-0.05, 0) is 30.0 Å². The molecule has 2 N–H and O–H groups in total. The lowest BCUT2D eigenvalue weighted by molar-refractivity contribution is -0.118. The van der Waals surface area contributed by atoms with Gasteiger partial charge in [0.25, 0.3) is 5.91 Å². The van der Waals surface area contributed by atoms with Gasteiger partial charge in [-0.15, -0.1) is 11.3 Å². The van der Waals surface area contributed by atoms with Crippen LogP contribution in [0.1, 0.15) is 27.3 Å². The van der Waals surface area contributed by atoms with Crippen LogP contribution in [0.2, 0.25) is 0 Å². The van der Waals surface area contributed by atoms with Crippen molar-refractivity contribution in [1.29, 1.82) is 0 Å². The molecule has 3 heterocycles. The normalized spacial score (nSPS) is 15.9. The van der Waals surface area contributed by atoms with Crippen molar-refractivity contribution in [2.75, 3.05) is 32.8 Å². The Morgan fingerprint density at radius 1 is 1.16 bits per heavy atom. The molecular weight excluding hydrogens is 422 g/mol. The first-order valence-corrected chi connectivity index (χ1v) is 10.4. The maximum absolute atomic E-state index is 12.9. The van der Waals surface area contributed by atoms with Crippen molar-refractivity contribution in [3.63, 3.8) is 0 Å². The molecule has 2 amide bonds. The van der Waals surface area contributed by atoms with Crippen LogP contribution in [0.3, 0.4) is 0 Å². The molecule has 2 aromatic heterocycles. The van der Waals surface area contributed by atoms with E-state index < -0.39 is 17.9 Å². The number of H-pyrrole nitrogens is 1. The third-order valence-corrected chi connectivity index (χ3v) is 6.11. The molecule has 162 valence electrons. The Morgan fingerprint density at radius 3 is 2.61 bits per heavy atom. The van der Waals surface area contributed by atoms with Gasteiger partial charge < -0.3 is 29.4 Å². The molecule has 1 aliphatic heterocycles. The van der Waals surface area contributed by atoms with Gasteiger partial charge in [0.15, 0.2) is 11.5 Å². The van der Waals surface area contributed by atoms with E-state index in [9.17, 15) is 14.4 Å². The highest BCUT2D eigenvalue weighted by Crippen LogP contribution is 2.33. The summed E-state index contributed by atoms with van der Waals surface area (Å²) in [5.41, 5.74) is 1.37. The summed E-state index contributed by atoms with van der Waals surface area (Å²) in [4.78, 5) is 42.2. The van der Waals surface area contributed by atoms with Gasteiger partial charge in [0.1, 0.15) is 16.7 Å². The van der Waals surface area contributed by atoms with E-state index in [4.69, 9.17) is 14.2 Å². The van der Waals surface area contributed by atoms with Crippen LogP contribution in [-0.2, 0) is 9.53 Å². The van der Waals surface area contributed by atoms with E-state index in [2.05, 4.69) is 10.3 Å². The second kappa shape index (κ2) is 8.31. The summed E-state index contributed by atoms with van der Waals surface area (Å²) in [5.74, 6) is -0.0581. The quantitative estimate of drug-likeness (QED) is 0.567. The first kappa shape index (κ1) is 20.7. The number of aromatic nitrogens is 1. The first-order chi connectivity index (χ1) is 15.0. The molecule has 1 atom stereocenters. The topological polar surface area (TPSA) is 110 Å². The molecule has 1 aromatic carbocycles. The summed E-state index contributed by atoms with van der Waals surface area (Å²) in [7, 11) is 4.38. The summed E-state index contributed by atoms with van der Waals surface area (Å²) in [5, 5.41) is 5.82. The van der Waals surface area contributed by atoms with Gasteiger partial charge in [-0.3, -0.25) is 9.59 Å². The van der Waals surface area contributed by atoms with Crippen molar-refractivity contribution in [2.24, 2.45) is 0 Å². The summed E-state index contributed by atoms with van der Waals surface area (Å²) < 4.78 is 15.4. The van der Waals surface area contributed by atoms with Gasteiger partial charge in [-0.1, -0.05) is 0 Å². The zero-order chi connectivity index (χ0) is 22.1. The van der Waals surface area contributed by atoms with Crippen LogP contribution in [0.15, 0.2) is 29.6 Å². The van der Waals surface area contributed by atoms with Crippen LogP contribution in [-0.4, -0.2) is 56.7 Å². The SMILES string of the molecule is COC(=O)c1ccsc1N1CCC(NC(=O)c2cc3cc(OC)c(OC)cc3[nH]2)C1=O. The molecule has 1 aliphatic rings. The van der Waals surface area contributed by atoms with Crippen LogP contribution in [0.5, 0.6) is 11.5 Å². The van der Waals surface area contributed by atoms with Crippen molar-refractivity contribution in [1.82, 2.24) is 10.3 Å². The highest BCUT2D eigenvalue weighted by Gasteiger charge is 2.36. The second-order valence-corrected chi connectivity index (χ2v) is 7.81. The number of esters is 1. The number of hydrogen-bond acceptors (Lipinski definition) is 7. The largest absolute Gasteiger partial charge is 0.493 e. The number of fused-ring (bicyclic) bond motifs is 1. The van der Waals surface area contributed by atoms with Crippen molar-refractivity contribution in [3.8, 4) is 11.5 Å². The fraction of sp³-hybridized carbons (Fsp3) is 0.286. The van der Waals surface area contributed by atoms with Crippen molar-refractivity contribution in [2.45, 2.75) is 12.5 Å². The number of aromatic amines is 1. The molecule has 0 bridgehead atoms. The minimum absolute atomic E-state index is 0.264. The average molecular weight is 443 g/mol. The maximum Gasteiger partial charge on any atom is 0.340 e. The summed E-state index contributed by atoms with van der Waals surface area (Å²) in [6, 6.07) is 6.15. The zero-order valence-electron chi connectivity index (χ0n) is 17.2. The number of benzene rings is 1. The van der Waals surface area contributed by atoms with Crippen LogP contribution >= 0.6 is 11.3 Å². The molecule has 10 heteroatoms. The van der Waals surface area contributed by atoms with Crippen molar-refractivity contribution in [3.05, 3.63) is 40.9 Å². The standard InChI is InChI=1S/C21H21N3O6S/c1-28-16-9-11-8-15(22-14(11)10-17(16)29-2)18(25)23-13-4-6-24(19(13)26)20-12(5-7-31-20)21(27)30-3/h5,7-10,13,22H,4,6H2,1-3H3,(H,23,25). The first-order valence-electron chi connectivity index (χ1n) is 9.49. The Hall–Kier alpha value is -3.53. The lowest BCUT2D eigenvalue weighted by atomic mass is 10.2. The molecule has 1 unspecified atom stereocenters. The van der Waals surface area contributed by atoms with Gasteiger partial charge in [-0.25, -0.2) is 4.79 Å². The van der Waals surface area contributed by atoms with Crippen LogP contribution < -0.4 is 19.7 Å². The van der Waals surface area contributed by atoms with Crippen LogP contribution in [0.25, 0.3) is 10.9 Å². The number of thiophene rings is 1. The van der Waals surface area contributed by atoms with Gasteiger partial charge in [0.05, 0.1) is 26.9 Å². The smallest absolute Gasteiger partial charge is 0.340 e. The van der Waals surface area contributed by atoms with Crippen LogP contribution in [0.4, 0.5) is 5.00 Å². The molecule has 0 spiro atoms. The van der Waals surface area contributed by atoms with E-state index in [1.165, 1.54) is 30.5 Å². The van der Waals surface area contributed by atoms with Gasteiger partial charge in [-0.2, -0.15) is 0 Å². The number of ether oxygens (including phenoxy) is 3. The van der Waals surface area contributed by atoms with E-state index in [0.717, 1.165) is 5.39 Å². The monoisotopic (exact) mass is 443 g/mol. The van der Waals surface area contributed by atoms with Gasteiger partial charge >= 0.3 is 5.97 Å². The minimum Gasteiger partial charge on any atom is -0.493 e. The Bertz CT molecular complexity index is 1130. The van der Waals surface area contributed by atoms with Crippen molar-refractivity contribution < 1.29 is 28.6 Å². The Kier molecular flexibility index (Phi) is 5.55. The van der Waals surface area contributed by atoms with E-state index in [-0.39, 0.29) is 5.91 Å². The van der Waals surface area contributed by atoms with E-state index in [1.807, 2.05) is 0 Å². The molecule has 4 rings (SSSR count). The summed E-state index contributed by atoms with van der Waals surface area (Å²) >= 11 is 1.28. The van der Waals surface area contributed by atoms with E-state index in [0.29, 0.717) is 46.2 Å². The number of rotatable bonds is 6. The van der Waals surface area contributed by atoms with Gasteiger partial charge in [0, 0.05) is 23.5 Å². The van der Waals surface area contributed by atoms with E-state index in [1.54, 1.807) is 36.8 Å². The number of nitrogens with zero attached hydrogens (tertiary/aromatic N) is 1. The number of methoxy groups -OCH3 is 3. The average Bonchev–Trinajstić information content (AvgIpc) is 3.50. The summed E-state index contributed by atoms with van der Waals surface area (Å²) in [6.45, 7) is 0.398. The molecule has 9 nitrogen and oxygen atoms in total. The number of amides is 2. The molecule has 0 aliphatic carbocycles. The molecular formula is C21H21N3O6S. The van der Waals surface area contributed by atoms with Crippen molar-refractivity contribution >= 4 is 45.0 Å². The second-order valence-electron chi connectivity index (χ2n) is 6.91. The molecule has 0 radical (unpaired) electrons. The number of nitrogens with one attached hydrogen (secondary N) is 2. The number of carbonyl (C=O) groups excluding carboxylic acids is 3. The van der Waals surface area contributed by atoms with Gasteiger partial charge in [0.2, 0.25) is 5.91 Å². The lowest BCUT2D eigenvalue weighted by Gasteiger charge is -2.16. The molecule has 3 aromatic rings. The van der Waals surface area contributed by atoms with E-state index >= 15 is 0 Å². The molecule has 1 saturated heterocycles. The minimum atomic E-state index is -0.685. The van der Waals surface area contributed by atoms with Crippen LogP contribution in [0, 0.1) is 0 Å². The third kappa shape index (κ3) is 3.70. The number of anilines is 1. The number of hydrogen-bond donors (Lipinski definition) is 2. The maximum atomic E-state index is 12.9. The zero-order valence-corrected chi connectivity index (χ0v) is 18.0. The Labute approximate surface area is 181 Å². The highest BCUT2D eigenvalue weighted by molar-refractivity contribution is 7.14. The molecule has 1 fully saturated rings. The summed E-state index contributed by atoms with van der Waals surface area (Å²) in [6.07, 6.45) is 0.435. The predicted octanol–water partition coefficient (Wildman–Crippen LogP) is 2.57.